The van der Waals surface area contributed by atoms with Crippen molar-refractivity contribution in [1.29, 1.82) is 0 Å². The smallest absolute Gasteiger partial charge is 0.295 e. The molecular formula is C21H21N3O5. The Labute approximate surface area is 168 Å². The lowest BCUT2D eigenvalue weighted by Gasteiger charge is -2.25. The Balaban J connectivity index is 1.81. The van der Waals surface area contributed by atoms with Gasteiger partial charge in [0.25, 0.3) is 11.7 Å². The van der Waals surface area contributed by atoms with Gasteiger partial charge in [-0.15, -0.1) is 0 Å². The Hall–Kier alpha value is -3.39. The zero-order valence-electron chi connectivity index (χ0n) is 16.2. The molecule has 4 rings (SSSR count). The quantitative estimate of drug-likeness (QED) is 0.469. The molecule has 1 aromatic heterocycles. The Kier molecular flexibility index (Phi) is 4.94. The minimum atomic E-state index is -0.762. The normalized spacial score (nSPS) is 20.0. The van der Waals surface area contributed by atoms with Gasteiger partial charge in [-0.1, -0.05) is 6.07 Å². The van der Waals surface area contributed by atoms with Crippen molar-refractivity contribution in [2.24, 2.45) is 0 Å². The highest BCUT2D eigenvalue weighted by Gasteiger charge is 2.46. The van der Waals surface area contributed by atoms with Crippen molar-refractivity contribution >= 4 is 17.4 Å². The standard InChI is InChI=1S/C21H21N3O5/c1-23(2)9-10-24-18(14-5-3-4-8-22-14)17(20(26)21(24)27)19(25)13-6-7-15-16(11-13)29-12-28-15/h3-8,11,18,25H,9-10,12H2,1-2H3. The number of rotatable bonds is 5. The number of ketones is 1. The topological polar surface area (TPSA) is 92.2 Å². The summed E-state index contributed by atoms with van der Waals surface area (Å²) in [6.45, 7) is 1.000. The molecule has 1 atom stereocenters. The molecule has 1 saturated heterocycles. The average molecular weight is 395 g/mol. The van der Waals surface area contributed by atoms with Crippen molar-refractivity contribution < 1.29 is 24.2 Å². The molecule has 2 aromatic rings. The first-order chi connectivity index (χ1) is 14.0. The van der Waals surface area contributed by atoms with Gasteiger partial charge in [0.2, 0.25) is 6.79 Å². The number of likely N-dealkylation sites (tertiary alicyclic amines) is 1. The van der Waals surface area contributed by atoms with E-state index in [1.807, 2.05) is 19.0 Å². The Morgan fingerprint density at radius 2 is 2.00 bits per heavy atom. The molecule has 29 heavy (non-hydrogen) atoms. The molecule has 0 radical (unpaired) electrons. The van der Waals surface area contributed by atoms with Crippen LogP contribution in [0, 0.1) is 0 Å². The molecule has 1 fully saturated rings. The van der Waals surface area contributed by atoms with Gasteiger partial charge < -0.3 is 24.4 Å². The molecule has 3 heterocycles. The molecule has 0 saturated carbocycles. The van der Waals surface area contributed by atoms with Gasteiger partial charge in [0, 0.05) is 24.8 Å². The lowest BCUT2D eigenvalue weighted by atomic mass is 9.98. The summed E-state index contributed by atoms with van der Waals surface area (Å²) in [5, 5.41) is 11.0. The van der Waals surface area contributed by atoms with Crippen LogP contribution in [0.3, 0.4) is 0 Å². The van der Waals surface area contributed by atoms with Gasteiger partial charge in [-0.3, -0.25) is 14.6 Å². The maximum absolute atomic E-state index is 12.9. The predicted octanol–water partition coefficient (Wildman–Crippen LogP) is 1.79. The molecule has 0 aliphatic carbocycles. The number of aliphatic hydroxyl groups is 1. The summed E-state index contributed by atoms with van der Waals surface area (Å²) in [6.07, 6.45) is 1.60. The number of Topliss-reactive ketones (excluding diaryl/α,β-unsaturated/α-hetero) is 1. The van der Waals surface area contributed by atoms with E-state index >= 15 is 0 Å². The van der Waals surface area contributed by atoms with Crippen LogP contribution in [0.1, 0.15) is 17.3 Å². The third-order valence-corrected chi connectivity index (χ3v) is 4.94. The number of carbonyl (C=O) groups is 2. The molecule has 2 aliphatic rings. The number of aromatic nitrogens is 1. The molecule has 1 N–H and O–H groups in total. The molecule has 0 spiro atoms. The van der Waals surface area contributed by atoms with Crippen LogP contribution in [0.15, 0.2) is 48.2 Å². The van der Waals surface area contributed by atoms with Crippen LogP contribution >= 0.6 is 0 Å². The number of hydrogen-bond acceptors (Lipinski definition) is 7. The lowest BCUT2D eigenvalue weighted by molar-refractivity contribution is -0.140. The number of fused-ring (bicyclic) bond motifs is 1. The first-order valence-electron chi connectivity index (χ1n) is 9.21. The fourth-order valence-electron chi connectivity index (χ4n) is 3.46. The second-order valence-electron chi connectivity index (χ2n) is 7.12. The summed E-state index contributed by atoms with van der Waals surface area (Å²) >= 11 is 0. The molecule has 1 unspecified atom stereocenters. The molecule has 1 aromatic carbocycles. The molecular weight excluding hydrogens is 374 g/mol. The number of likely N-dealkylation sites (N-methyl/N-ethyl adjacent to an activating group) is 1. The number of ether oxygens (including phenoxy) is 2. The first kappa shape index (κ1) is 18.9. The Morgan fingerprint density at radius 3 is 2.72 bits per heavy atom. The van der Waals surface area contributed by atoms with Crippen molar-refractivity contribution in [3.63, 3.8) is 0 Å². The van der Waals surface area contributed by atoms with Crippen LogP contribution in [0.25, 0.3) is 5.76 Å². The van der Waals surface area contributed by atoms with Crippen molar-refractivity contribution in [3.05, 3.63) is 59.4 Å². The average Bonchev–Trinajstić information content (AvgIpc) is 3.29. The van der Waals surface area contributed by atoms with E-state index in [4.69, 9.17) is 9.47 Å². The third kappa shape index (κ3) is 3.42. The van der Waals surface area contributed by atoms with Crippen molar-refractivity contribution in [1.82, 2.24) is 14.8 Å². The minimum absolute atomic E-state index is 0.0197. The molecule has 150 valence electrons. The van der Waals surface area contributed by atoms with Gasteiger partial charge in [-0.2, -0.15) is 0 Å². The summed E-state index contributed by atoms with van der Waals surface area (Å²) in [6, 6.07) is 9.41. The number of benzene rings is 1. The van der Waals surface area contributed by atoms with E-state index in [9.17, 15) is 14.7 Å². The molecule has 8 heteroatoms. The SMILES string of the molecule is CN(C)CCN1C(=O)C(=O)C(=C(O)c2ccc3c(c2)OCO3)C1c1ccccn1. The second kappa shape index (κ2) is 7.56. The number of pyridine rings is 1. The number of aliphatic hydroxyl groups excluding tert-OH is 1. The zero-order chi connectivity index (χ0) is 20.5. The molecule has 8 nitrogen and oxygen atoms in total. The van der Waals surface area contributed by atoms with Crippen molar-refractivity contribution in [2.75, 3.05) is 34.0 Å². The fourth-order valence-corrected chi connectivity index (χ4v) is 3.46. The maximum Gasteiger partial charge on any atom is 0.295 e. The zero-order valence-corrected chi connectivity index (χ0v) is 16.2. The minimum Gasteiger partial charge on any atom is -0.507 e. The molecule has 2 aliphatic heterocycles. The monoisotopic (exact) mass is 395 g/mol. The van der Waals surface area contributed by atoms with Crippen molar-refractivity contribution in [3.8, 4) is 11.5 Å². The van der Waals surface area contributed by atoms with E-state index in [1.54, 1.807) is 42.6 Å². The largest absolute Gasteiger partial charge is 0.507 e. The van der Waals surface area contributed by atoms with E-state index in [-0.39, 0.29) is 18.1 Å². The maximum atomic E-state index is 12.9. The van der Waals surface area contributed by atoms with E-state index in [0.29, 0.717) is 35.8 Å². The van der Waals surface area contributed by atoms with Crippen LogP contribution < -0.4 is 9.47 Å². The van der Waals surface area contributed by atoms with E-state index < -0.39 is 17.7 Å². The van der Waals surface area contributed by atoms with Crippen LogP contribution in [-0.2, 0) is 9.59 Å². The number of nitrogens with zero attached hydrogens (tertiary/aromatic N) is 3. The third-order valence-electron chi connectivity index (χ3n) is 4.94. The van der Waals surface area contributed by atoms with Gasteiger partial charge in [0.05, 0.1) is 11.3 Å². The highest BCUT2D eigenvalue weighted by atomic mass is 16.7. The predicted molar refractivity (Wildman–Crippen MR) is 104 cm³/mol. The molecule has 0 bridgehead atoms. The number of hydrogen-bond donors (Lipinski definition) is 1. The van der Waals surface area contributed by atoms with Crippen LogP contribution in [0.5, 0.6) is 11.5 Å². The van der Waals surface area contributed by atoms with Gasteiger partial charge in [0.15, 0.2) is 11.5 Å². The van der Waals surface area contributed by atoms with Gasteiger partial charge in [0.1, 0.15) is 11.8 Å². The molecule has 1 amide bonds. The number of carbonyl (C=O) groups excluding carboxylic acids is 2. The van der Waals surface area contributed by atoms with E-state index in [0.717, 1.165) is 0 Å². The summed E-state index contributed by atoms with van der Waals surface area (Å²) in [7, 11) is 3.78. The fraction of sp³-hybridized carbons (Fsp3) is 0.286. The number of amides is 1. The van der Waals surface area contributed by atoms with E-state index in [1.165, 1.54) is 4.90 Å². The Morgan fingerprint density at radius 1 is 1.21 bits per heavy atom. The summed E-state index contributed by atoms with van der Waals surface area (Å²) < 4.78 is 10.7. The van der Waals surface area contributed by atoms with Crippen LogP contribution in [-0.4, -0.2) is 65.6 Å². The van der Waals surface area contributed by atoms with Crippen LogP contribution in [0.2, 0.25) is 0 Å². The van der Waals surface area contributed by atoms with Gasteiger partial charge in [-0.05, 0) is 44.4 Å². The summed E-state index contributed by atoms with van der Waals surface area (Å²) in [5.41, 5.74) is 0.917. The summed E-state index contributed by atoms with van der Waals surface area (Å²) in [5.74, 6) is -0.594. The van der Waals surface area contributed by atoms with Crippen molar-refractivity contribution in [2.45, 2.75) is 6.04 Å². The van der Waals surface area contributed by atoms with E-state index in [2.05, 4.69) is 4.98 Å². The Bertz CT molecular complexity index is 987. The van der Waals surface area contributed by atoms with Gasteiger partial charge in [-0.25, -0.2) is 0 Å². The first-order valence-corrected chi connectivity index (χ1v) is 9.21. The second-order valence-corrected chi connectivity index (χ2v) is 7.12. The summed E-state index contributed by atoms with van der Waals surface area (Å²) in [4.78, 5) is 33.4. The van der Waals surface area contributed by atoms with Gasteiger partial charge >= 0.3 is 0 Å². The highest BCUT2D eigenvalue weighted by molar-refractivity contribution is 6.46. The van der Waals surface area contributed by atoms with Crippen LogP contribution in [0.4, 0.5) is 0 Å². The lowest BCUT2D eigenvalue weighted by Crippen LogP contribution is -2.35. The highest BCUT2D eigenvalue weighted by Crippen LogP contribution is 2.40.